The largest absolute Gasteiger partial charge is 0.367 e. The molecular weight excluding hydrogens is 236 g/mol. The maximum Gasteiger partial charge on any atom is 0.224 e. The van der Waals surface area contributed by atoms with Gasteiger partial charge in [-0.15, -0.1) is 0 Å². The van der Waals surface area contributed by atoms with Gasteiger partial charge in [-0.1, -0.05) is 20.3 Å². The molecule has 0 saturated heterocycles. The quantitative estimate of drug-likeness (QED) is 0.870. The topological polar surface area (TPSA) is 49.8 Å². The lowest BCUT2D eigenvalue weighted by Gasteiger charge is -2.35. The van der Waals surface area contributed by atoms with Crippen molar-refractivity contribution in [2.24, 2.45) is 5.41 Å². The summed E-state index contributed by atoms with van der Waals surface area (Å²) in [5.41, 5.74) is 1.45. The zero-order valence-corrected chi connectivity index (χ0v) is 12.6. The molecule has 0 bridgehead atoms. The van der Waals surface area contributed by atoms with Crippen LogP contribution in [0.3, 0.4) is 0 Å². The zero-order valence-electron chi connectivity index (χ0n) is 12.6. The van der Waals surface area contributed by atoms with E-state index in [4.69, 9.17) is 0 Å². The summed E-state index contributed by atoms with van der Waals surface area (Å²) in [5, 5.41) is 6.77. The maximum atomic E-state index is 4.53. The number of nitrogens with one attached hydrogen (secondary N) is 2. The van der Waals surface area contributed by atoms with E-state index in [0.717, 1.165) is 24.0 Å². The lowest BCUT2D eigenvalue weighted by molar-refractivity contribution is 0.229. The number of hydrogen-bond acceptors (Lipinski definition) is 4. The van der Waals surface area contributed by atoms with E-state index in [1.165, 1.54) is 25.7 Å². The second-order valence-electron chi connectivity index (χ2n) is 6.35. The first kappa shape index (κ1) is 14.1. The van der Waals surface area contributed by atoms with Gasteiger partial charge in [0.1, 0.15) is 5.82 Å². The highest BCUT2D eigenvalue weighted by molar-refractivity contribution is 5.43. The first-order chi connectivity index (χ1) is 8.98. The molecule has 1 aliphatic rings. The second kappa shape index (κ2) is 5.76. The van der Waals surface area contributed by atoms with Crippen molar-refractivity contribution in [3.63, 3.8) is 0 Å². The molecule has 1 aromatic rings. The van der Waals surface area contributed by atoms with E-state index in [1.54, 1.807) is 0 Å². The summed E-state index contributed by atoms with van der Waals surface area (Å²) in [5.74, 6) is 1.67. The molecule has 2 N–H and O–H groups in total. The van der Waals surface area contributed by atoms with E-state index in [1.807, 2.05) is 13.0 Å². The van der Waals surface area contributed by atoms with Gasteiger partial charge in [-0.25, -0.2) is 4.98 Å². The minimum absolute atomic E-state index is 0.447. The highest BCUT2D eigenvalue weighted by Crippen LogP contribution is 2.36. The van der Waals surface area contributed by atoms with Crippen molar-refractivity contribution in [3.8, 4) is 0 Å². The van der Waals surface area contributed by atoms with Crippen LogP contribution in [0.4, 0.5) is 11.8 Å². The Morgan fingerprint density at radius 1 is 1.37 bits per heavy atom. The molecule has 1 aromatic heterocycles. The van der Waals surface area contributed by atoms with Crippen molar-refractivity contribution in [1.29, 1.82) is 0 Å². The third-order valence-corrected chi connectivity index (χ3v) is 3.75. The molecule has 0 aliphatic heterocycles. The predicted octanol–water partition coefficient (Wildman–Crippen LogP) is 3.60. The average Bonchev–Trinajstić information content (AvgIpc) is 2.26. The summed E-state index contributed by atoms with van der Waals surface area (Å²) < 4.78 is 0. The molecule has 106 valence electrons. The average molecular weight is 262 g/mol. The van der Waals surface area contributed by atoms with Crippen molar-refractivity contribution in [2.45, 2.75) is 59.4 Å². The molecule has 1 heterocycles. The molecule has 1 saturated carbocycles. The highest BCUT2D eigenvalue weighted by Gasteiger charge is 2.28. The summed E-state index contributed by atoms with van der Waals surface area (Å²) in [6, 6.07) is 2.56. The van der Waals surface area contributed by atoms with Gasteiger partial charge in [0, 0.05) is 24.3 Å². The van der Waals surface area contributed by atoms with Gasteiger partial charge in [-0.3, -0.25) is 0 Å². The minimum Gasteiger partial charge on any atom is -0.367 e. The van der Waals surface area contributed by atoms with Gasteiger partial charge < -0.3 is 10.6 Å². The normalized spacial score (nSPS) is 22.0. The Kier molecular flexibility index (Phi) is 4.27. The molecule has 0 radical (unpaired) electrons. The van der Waals surface area contributed by atoms with E-state index < -0.39 is 0 Å². The number of hydrogen-bond donors (Lipinski definition) is 2. The van der Waals surface area contributed by atoms with E-state index in [0.29, 0.717) is 11.5 Å². The monoisotopic (exact) mass is 262 g/mol. The van der Waals surface area contributed by atoms with Crippen LogP contribution in [-0.2, 0) is 0 Å². The molecule has 4 heteroatoms. The summed E-state index contributed by atoms with van der Waals surface area (Å²) in [6.45, 7) is 9.63. The molecule has 4 nitrogen and oxygen atoms in total. The van der Waals surface area contributed by atoms with Crippen molar-refractivity contribution in [1.82, 2.24) is 9.97 Å². The van der Waals surface area contributed by atoms with Crippen molar-refractivity contribution in [2.75, 3.05) is 17.2 Å². The number of anilines is 2. The second-order valence-corrected chi connectivity index (χ2v) is 6.35. The fourth-order valence-electron chi connectivity index (χ4n) is 2.91. The molecule has 0 amide bonds. The SMILES string of the molecule is CCNc1nc(C)cc(NC2CCCC(C)(C)C2)n1. The summed E-state index contributed by atoms with van der Waals surface area (Å²) in [4.78, 5) is 8.91. The van der Waals surface area contributed by atoms with Crippen LogP contribution in [0, 0.1) is 12.3 Å². The van der Waals surface area contributed by atoms with Gasteiger partial charge in [0.15, 0.2) is 0 Å². The van der Waals surface area contributed by atoms with Crippen LogP contribution >= 0.6 is 0 Å². The standard InChI is InChI=1S/C15H26N4/c1-5-16-14-17-11(2)9-13(19-14)18-12-7-6-8-15(3,4)10-12/h9,12H,5-8,10H2,1-4H3,(H2,16,17,18,19). The lowest BCUT2D eigenvalue weighted by atomic mass is 9.75. The predicted molar refractivity (Wildman–Crippen MR) is 80.6 cm³/mol. The number of rotatable bonds is 4. The Hall–Kier alpha value is -1.32. The third-order valence-electron chi connectivity index (χ3n) is 3.75. The molecule has 19 heavy (non-hydrogen) atoms. The first-order valence-electron chi connectivity index (χ1n) is 7.34. The van der Waals surface area contributed by atoms with E-state index in [2.05, 4.69) is 41.4 Å². The maximum absolute atomic E-state index is 4.53. The fourth-order valence-corrected chi connectivity index (χ4v) is 2.91. The zero-order chi connectivity index (χ0) is 13.9. The third kappa shape index (κ3) is 4.08. The first-order valence-corrected chi connectivity index (χ1v) is 7.34. The molecule has 0 aromatic carbocycles. The van der Waals surface area contributed by atoms with Crippen LogP contribution in [0.2, 0.25) is 0 Å². The van der Waals surface area contributed by atoms with E-state index in [-0.39, 0.29) is 0 Å². The van der Waals surface area contributed by atoms with Gasteiger partial charge in [-0.05, 0) is 38.5 Å². The molecule has 1 fully saturated rings. The van der Waals surface area contributed by atoms with Crippen LogP contribution in [0.25, 0.3) is 0 Å². The van der Waals surface area contributed by atoms with Gasteiger partial charge >= 0.3 is 0 Å². The molecule has 0 spiro atoms. The van der Waals surface area contributed by atoms with Crippen LogP contribution in [0.5, 0.6) is 0 Å². The van der Waals surface area contributed by atoms with Crippen molar-refractivity contribution >= 4 is 11.8 Å². The summed E-state index contributed by atoms with van der Waals surface area (Å²) in [7, 11) is 0. The molecule has 1 aliphatic carbocycles. The van der Waals surface area contributed by atoms with Crippen LogP contribution in [0.1, 0.15) is 52.1 Å². The van der Waals surface area contributed by atoms with Gasteiger partial charge in [-0.2, -0.15) is 4.98 Å². The molecule has 1 atom stereocenters. The smallest absolute Gasteiger partial charge is 0.224 e. The summed E-state index contributed by atoms with van der Waals surface area (Å²) >= 11 is 0. The minimum atomic E-state index is 0.447. The van der Waals surface area contributed by atoms with Gasteiger partial charge in [0.2, 0.25) is 5.95 Å². The molecule has 1 unspecified atom stereocenters. The van der Waals surface area contributed by atoms with E-state index in [9.17, 15) is 0 Å². The highest BCUT2D eigenvalue weighted by atomic mass is 15.1. The van der Waals surface area contributed by atoms with Crippen molar-refractivity contribution < 1.29 is 0 Å². The van der Waals surface area contributed by atoms with Crippen LogP contribution in [0.15, 0.2) is 6.07 Å². The number of aryl methyl sites for hydroxylation is 1. The van der Waals surface area contributed by atoms with Gasteiger partial charge in [0.25, 0.3) is 0 Å². The number of aromatic nitrogens is 2. The van der Waals surface area contributed by atoms with Crippen LogP contribution < -0.4 is 10.6 Å². The Morgan fingerprint density at radius 3 is 2.84 bits per heavy atom. The Morgan fingerprint density at radius 2 is 2.16 bits per heavy atom. The number of nitrogens with zero attached hydrogens (tertiary/aromatic N) is 2. The van der Waals surface area contributed by atoms with E-state index >= 15 is 0 Å². The lowest BCUT2D eigenvalue weighted by Crippen LogP contribution is -2.32. The molecule has 2 rings (SSSR count). The van der Waals surface area contributed by atoms with Gasteiger partial charge in [0.05, 0.1) is 0 Å². The molecular formula is C15H26N4. The van der Waals surface area contributed by atoms with Crippen molar-refractivity contribution in [3.05, 3.63) is 11.8 Å². The summed E-state index contributed by atoms with van der Waals surface area (Å²) in [6.07, 6.45) is 5.08. The Labute approximate surface area is 116 Å². The fraction of sp³-hybridized carbons (Fsp3) is 0.733. The Bertz CT molecular complexity index is 428. The Balaban J connectivity index is 2.06. The van der Waals surface area contributed by atoms with Crippen LogP contribution in [-0.4, -0.2) is 22.6 Å².